The zero-order valence-corrected chi connectivity index (χ0v) is 9.98. The van der Waals surface area contributed by atoms with Gasteiger partial charge < -0.3 is 11.1 Å². The van der Waals surface area contributed by atoms with E-state index < -0.39 is 0 Å². The van der Waals surface area contributed by atoms with E-state index in [0.717, 1.165) is 25.6 Å². The summed E-state index contributed by atoms with van der Waals surface area (Å²) in [5.41, 5.74) is 5.29. The molecule has 76 valence electrons. The molecule has 3 N–H and O–H groups in total. The Labute approximate surface area is 95.9 Å². The van der Waals surface area contributed by atoms with Crippen LogP contribution in [0.1, 0.15) is 12.8 Å². The van der Waals surface area contributed by atoms with Gasteiger partial charge in [0.2, 0.25) is 0 Å². The Bertz CT molecular complexity index is 181. The molecule has 4 nitrogen and oxygen atoms in total. The van der Waals surface area contributed by atoms with Crippen molar-refractivity contribution in [2.75, 3.05) is 19.6 Å². The lowest BCUT2D eigenvalue weighted by Gasteiger charge is -2.33. The first-order valence-electron chi connectivity index (χ1n) is 4.63. The van der Waals surface area contributed by atoms with Crippen molar-refractivity contribution in [3.05, 3.63) is 0 Å². The van der Waals surface area contributed by atoms with Crippen LogP contribution in [0.4, 0.5) is 0 Å². The standard InChI is InChI=1S/C8H16N4.HI/c9-6-11-12-4-3-10-5-8(12)7-1-2-7;/h6-8,10H,1-5H2,(H2,9,11);1H. The van der Waals surface area contributed by atoms with Crippen molar-refractivity contribution in [2.45, 2.75) is 18.9 Å². The number of nitrogens with one attached hydrogen (secondary N) is 1. The van der Waals surface area contributed by atoms with Crippen LogP contribution in [-0.4, -0.2) is 37.0 Å². The first kappa shape index (κ1) is 11.0. The second-order valence-corrected chi connectivity index (χ2v) is 3.54. The van der Waals surface area contributed by atoms with Crippen LogP contribution in [0, 0.1) is 5.92 Å². The predicted octanol–water partition coefficient (Wildman–Crippen LogP) is 0.190. The van der Waals surface area contributed by atoms with Gasteiger partial charge in [0.25, 0.3) is 0 Å². The van der Waals surface area contributed by atoms with Crippen molar-refractivity contribution >= 4 is 30.3 Å². The Morgan fingerprint density at radius 2 is 2.23 bits per heavy atom. The van der Waals surface area contributed by atoms with Gasteiger partial charge in [-0.3, -0.25) is 5.01 Å². The van der Waals surface area contributed by atoms with Crippen LogP contribution in [-0.2, 0) is 0 Å². The number of rotatable bonds is 2. The zero-order valence-electron chi connectivity index (χ0n) is 7.65. The monoisotopic (exact) mass is 296 g/mol. The molecule has 0 aromatic rings. The van der Waals surface area contributed by atoms with E-state index in [4.69, 9.17) is 5.73 Å². The Morgan fingerprint density at radius 3 is 2.85 bits per heavy atom. The molecule has 2 aliphatic rings. The van der Waals surface area contributed by atoms with Gasteiger partial charge in [0.1, 0.15) is 6.34 Å². The number of nitrogens with two attached hydrogens (primary N) is 1. The molecule has 0 bridgehead atoms. The van der Waals surface area contributed by atoms with E-state index in [1.165, 1.54) is 19.2 Å². The fraction of sp³-hybridized carbons (Fsp3) is 0.875. The average Bonchev–Trinajstić information content (AvgIpc) is 2.89. The molecule has 1 saturated heterocycles. The van der Waals surface area contributed by atoms with Crippen LogP contribution in [0.3, 0.4) is 0 Å². The number of hydrogen-bond acceptors (Lipinski definition) is 3. The molecule has 1 unspecified atom stereocenters. The third kappa shape index (κ3) is 2.70. The summed E-state index contributed by atoms with van der Waals surface area (Å²) in [5, 5.41) is 9.69. The second kappa shape index (κ2) is 4.99. The fourth-order valence-corrected chi connectivity index (χ4v) is 1.83. The summed E-state index contributed by atoms with van der Waals surface area (Å²) in [6.07, 6.45) is 4.13. The molecule has 0 aromatic carbocycles. The largest absolute Gasteiger partial charge is 0.388 e. The predicted molar refractivity (Wildman–Crippen MR) is 64.2 cm³/mol. The van der Waals surface area contributed by atoms with Crippen LogP contribution in [0.25, 0.3) is 0 Å². The molecule has 1 aliphatic carbocycles. The van der Waals surface area contributed by atoms with Crippen molar-refractivity contribution in [2.24, 2.45) is 16.8 Å². The first-order valence-corrected chi connectivity index (χ1v) is 4.63. The number of hydrazone groups is 1. The van der Waals surface area contributed by atoms with Crippen LogP contribution < -0.4 is 11.1 Å². The van der Waals surface area contributed by atoms with Crippen molar-refractivity contribution in [3.8, 4) is 0 Å². The third-order valence-corrected chi connectivity index (χ3v) is 2.64. The molecule has 0 radical (unpaired) electrons. The number of hydrogen-bond donors (Lipinski definition) is 2. The normalized spacial score (nSPS) is 28.9. The smallest absolute Gasteiger partial charge is 0.106 e. The topological polar surface area (TPSA) is 53.6 Å². The summed E-state index contributed by atoms with van der Waals surface area (Å²) in [4.78, 5) is 0. The second-order valence-electron chi connectivity index (χ2n) is 3.54. The Morgan fingerprint density at radius 1 is 1.46 bits per heavy atom. The highest BCUT2D eigenvalue weighted by Crippen LogP contribution is 2.35. The quantitative estimate of drug-likeness (QED) is 0.434. The molecule has 0 amide bonds. The average molecular weight is 296 g/mol. The molecular formula is C8H17IN4. The van der Waals surface area contributed by atoms with Gasteiger partial charge in [0, 0.05) is 19.6 Å². The maximum Gasteiger partial charge on any atom is 0.106 e. The van der Waals surface area contributed by atoms with E-state index in [1.807, 2.05) is 0 Å². The summed E-state index contributed by atoms with van der Waals surface area (Å²) in [6.45, 7) is 3.09. The molecule has 2 rings (SSSR count). The highest BCUT2D eigenvalue weighted by atomic mass is 127. The summed E-state index contributed by atoms with van der Waals surface area (Å²) >= 11 is 0. The van der Waals surface area contributed by atoms with Gasteiger partial charge >= 0.3 is 0 Å². The van der Waals surface area contributed by atoms with Gasteiger partial charge in [-0.25, -0.2) is 0 Å². The van der Waals surface area contributed by atoms with Gasteiger partial charge in [0.05, 0.1) is 6.04 Å². The lowest BCUT2D eigenvalue weighted by molar-refractivity contribution is 0.150. The minimum absolute atomic E-state index is 0. The zero-order chi connectivity index (χ0) is 8.39. The molecule has 1 heterocycles. The number of nitrogens with zero attached hydrogens (tertiary/aromatic N) is 2. The molecule has 0 aromatic heterocycles. The molecule has 1 saturated carbocycles. The highest BCUT2D eigenvalue weighted by molar-refractivity contribution is 14.0. The van der Waals surface area contributed by atoms with Crippen LogP contribution in [0.2, 0.25) is 0 Å². The Kier molecular flexibility index (Phi) is 4.24. The summed E-state index contributed by atoms with van der Waals surface area (Å²) in [7, 11) is 0. The minimum atomic E-state index is 0. The van der Waals surface area contributed by atoms with Gasteiger partial charge in [0.15, 0.2) is 0 Å². The summed E-state index contributed by atoms with van der Waals surface area (Å²) in [6, 6.07) is 0.596. The van der Waals surface area contributed by atoms with Crippen LogP contribution >= 0.6 is 24.0 Å². The van der Waals surface area contributed by atoms with Gasteiger partial charge in [-0.1, -0.05) is 0 Å². The first-order chi connectivity index (χ1) is 5.92. The van der Waals surface area contributed by atoms with E-state index in [0.29, 0.717) is 6.04 Å². The number of piperazine rings is 1. The third-order valence-electron chi connectivity index (χ3n) is 2.64. The number of halogens is 1. The van der Waals surface area contributed by atoms with Crippen molar-refractivity contribution in [3.63, 3.8) is 0 Å². The van der Waals surface area contributed by atoms with E-state index in [2.05, 4.69) is 15.4 Å². The molecule has 5 heteroatoms. The van der Waals surface area contributed by atoms with Crippen LogP contribution in [0.15, 0.2) is 5.10 Å². The van der Waals surface area contributed by atoms with Gasteiger partial charge in [-0.15, -0.1) is 24.0 Å². The molecular weight excluding hydrogens is 279 g/mol. The maximum atomic E-state index is 5.29. The van der Waals surface area contributed by atoms with Gasteiger partial charge in [-0.05, 0) is 18.8 Å². The van der Waals surface area contributed by atoms with Crippen LogP contribution in [0.5, 0.6) is 0 Å². The molecule has 2 fully saturated rings. The van der Waals surface area contributed by atoms with E-state index in [1.54, 1.807) is 0 Å². The summed E-state index contributed by atoms with van der Waals surface area (Å²) in [5.74, 6) is 0.862. The maximum absolute atomic E-state index is 5.29. The Hall–Kier alpha value is -0.0400. The van der Waals surface area contributed by atoms with E-state index in [-0.39, 0.29) is 24.0 Å². The Balaban J connectivity index is 0.000000845. The van der Waals surface area contributed by atoms with Crippen molar-refractivity contribution < 1.29 is 0 Å². The fourth-order valence-electron chi connectivity index (χ4n) is 1.83. The van der Waals surface area contributed by atoms with Gasteiger partial charge in [-0.2, -0.15) is 5.10 Å². The minimum Gasteiger partial charge on any atom is -0.388 e. The lowest BCUT2D eigenvalue weighted by atomic mass is 10.1. The van der Waals surface area contributed by atoms with E-state index >= 15 is 0 Å². The van der Waals surface area contributed by atoms with Crippen molar-refractivity contribution in [1.82, 2.24) is 10.3 Å². The van der Waals surface area contributed by atoms with Crippen molar-refractivity contribution in [1.29, 1.82) is 0 Å². The lowest BCUT2D eigenvalue weighted by Crippen LogP contribution is -2.49. The summed E-state index contributed by atoms with van der Waals surface area (Å²) < 4.78 is 0. The molecule has 13 heavy (non-hydrogen) atoms. The van der Waals surface area contributed by atoms with E-state index in [9.17, 15) is 0 Å². The SMILES string of the molecule is I.NC=NN1CCNCC1C1CC1. The molecule has 1 aliphatic heterocycles. The molecule has 1 atom stereocenters. The highest BCUT2D eigenvalue weighted by Gasteiger charge is 2.36. The molecule has 0 spiro atoms.